The Morgan fingerprint density at radius 3 is 3.07 bits per heavy atom. The van der Waals surface area contributed by atoms with Crippen LogP contribution >= 0.6 is 0 Å². The Morgan fingerprint density at radius 2 is 2.47 bits per heavy atom. The van der Waals surface area contributed by atoms with Crippen molar-refractivity contribution in [3.8, 4) is 0 Å². The van der Waals surface area contributed by atoms with Crippen LogP contribution in [0.15, 0.2) is 0 Å². The number of hydrogen-bond acceptors (Lipinski definition) is 5. The summed E-state index contributed by atoms with van der Waals surface area (Å²) in [7, 11) is 0. The topological polar surface area (TPSA) is 110 Å². The molecule has 0 saturated carbocycles. The molecule has 0 radical (unpaired) electrons. The highest BCUT2D eigenvalue weighted by Gasteiger charge is 2.04. The molecule has 0 bridgehead atoms. The maximum absolute atomic E-state index is 11.3. The second-order valence-electron chi connectivity index (χ2n) is 3.47. The van der Waals surface area contributed by atoms with Gasteiger partial charge in [-0.15, -0.1) is 10.2 Å². The molecule has 4 N–H and O–H groups in total. The predicted molar refractivity (Wildman–Crippen MR) is 53.5 cm³/mol. The zero-order valence-electron chi connectivity index (χ0n) is 8.73. The fraction of sp³-hybridized carbons (Fsp3) is 0.750. The van der Waals surface area contributed by atoms with Gasteiger partial charge in [-0.1, -0.05) is 5.21 Å². The van der Waals surface area contributed by atoms with Crippen LogP contribution in [0.1, 0.15) is 32.0 Å². The van der Waals surface area contributed by atoms with E-state index in [-0.39, 0.29) is 11.9 Å². The third-order valence-electron chi connectivity index (χ3n) is 1.90. The van der Waals surface area contributed by atoms with Gasteiger partial charge in [-0.2, -0.15) is 5.21 Å². The summed E-state index contributed by atoms with van der Waals surface area (Å²) in [4.78, 5) is 11.3. The van der Waals surface area contributed by atoms with E-state index in [9.17, 15) is 4.79 Å². The normalized spacial score (nSPS) is 12.4. The van der Waals surface area contributed by atoms with E-state index in [2.05, 4.69) is 25.9 Å². The second kappa shape index (κ2) is 6.07. The number of aromatic nitrogens is 4. The van der Waals surface area contributed by atoms with Crippen molar-refractivity contribution in [2.75, 3.05) is 0 Å². The maximum Gasteiger partial charge on any atom is 0.220 e. The highest BCUT2D eigenvalue weighted by Crippen LogP contribution is 1.98. The molecular formula is C8H16N6O. The van der Waals surface area contributed by atoms with E-state index in [0.717, 1.165) is 12.8 Å². The molecule has 1 rings (SSSR count). The smallest absolute Gasteiger partial charge is 0.220 e. The molecule has 1 unspecified atom stereocenters. The molecule has 1 aromatic rings. The Kier molecular flexibility index (Phi) is 4.69. The van der Waals surface area contributed by atoms with E-state index in [1.54, 1.807) is 0 Å². The lowest BCUT2D eigenvalue weighted by molar-refractivity contribution is -0.121. The zero-order chi connectivity index (χ0) is 11.1. The summed E-state index contributed by atoms with van der Waals surface area (Å²) in [6, 6.07) is 0.148. The van der Waals surface area contributed by atoms with Crippen LogP contribution < -0.4 is 11.1 Å². The summed E-state index contributed by atoms with van der Waals surface area (Å²) < 4.78 is 0. The number of hydrogen-bond donors (Lipinski definition) is 3. The molecule has 0 aromatic carbocycles. The Bertz CT molecular complexity index is 283. The summed E-state index contributed by atoms with van der Waals surface area (Å²) in [6.45, 7) is 2.24. The molecule has 0 fully saturated rings. The van der Waals surface area contributed by atoms with Gasteiger partial charge >= 0.3 is 0 Å². The number of aromatic amines is 1. The van der Waals surface area contributed by atoms with Crippen LogP contribution in [0.25, 0.3) is 0 Å². The molecule has 0 aliphatic heterocycles. The Hall–Kier alpha value is -1.50. The van der Waals surface area contributed by atoms with E-state index in [1.807, 2.05) is 6.92 Å². The van der Waals surface area contributed by atoms with Crippen molar-refractivity contribution in [1.29, 1.82) is 0 Å². The lowest BCUT2D eigenvalue weighted by atomic mass is 10.1. The average molecular weight is 212 g/mol. The number of tetrazole rings is 1. The van der Waals surface area contributed by atoms with Crippen LogP contribution in [0, 0.1) is 0 Å². The first kappa shape index (κ1) is 11.6. The molecule has 0 spiro atoms. The van der Waals surface area contributed by atoms with Gasteiger partial charge in [-0.3, -0.25) is 4.79 Å². The van der Waals surface area contributed by atoms with Crippen LogP contribution in [0.2, 0.25) is 0 Å². The molecule has 7 nitrogen and oxygen atoms in total. The molecule has 1 aromatic heterocycles. The third kappa shape index (κ3) is 5.06. The minimum Gasteiger partial charge on any atom is -0.349 e. The van der Waals surface area contributed by atoms with Crippen molar-refractivity contribution in [3.63, 3.8) is 0 Å². The monoisotopic (exact) mass is 212 g/mol. The quantitative estimate of drug-likeness (QED) is 0.579. The Balaban J connectivity index is 2.09. The van der Waals surface area contributed by atoms with Crippen LogP contribution in [-0.4, -0.2) is 32.6 Å². The predicted octanol–water partition coefficient (Wildman–Crippen LogP) is -0.667. The minimum absolute atomic E-state index is 0.0135. The maximum atomic E-state index is 11.3. The van der Waals surface area contributed by atoms with Crippen molar-refractivity contribution in [2.24, 2.45) is 5.73 Å². The van der Waals surface area contributed by atoms with Gasteiger partial charge in [0.25, 0.3) is 0 Å². The SMILES string of the molecule is CC(N)CCCC(=O)NCc1nn[nH]n1. The fourth-order valence-corrected chi connectivity index (χ4v) is 1.11. The molecule has 84 valence electrons. The van der Waals surface area contributed by atoms with E-state index in [0.29, 0.717) is 18.8 Å². The first-order valence-electron chi connectivity index (χ1n) is 4.93. The van der Waals surface area contributed by atoms with Crippen LogP contribution in [0.4, 0.5) is 0 Å². The number of amides is 1. The number of rotatable bonds is 6. The number of nitrogens with zero attached hydrogens (tertiary/aromatic N) is 3. The molecule has 0 saturated heterocycles. The number of carbonyl (C=O) groups excluding carboxylic acids is 1. The molecule has 0 aliphatic carbocycles. The van der Waals surface area contributed by atoms with Crippen LogP contribution in [0.3, 0.4) is 0 Å². The van der Waals surface area contributed by atoms with Gasteiger partial charge < -0.3 is 11.1 Å². The average Bonchev–Trinajstić information content (AvgIpc) is 2.66. The number of nitrogens with one attached hydrogen (secondary N) is 2. The van der Waals surface area contributed by atoms with Crippen molar-refractivity contribution in [1.82, 2.24) is 25.9 Å². The standard InChI is InChI=1S/C8H16N6O/c1-6(9)3-2-4-8(15)10-5-7-11-13-14-12-7/h6H,2-5,9H2,1H3,(H,10,15)(H,11,12,13,14). The summed E-state index contributed by atoms with van der Waals surface area (Å²) in [5, 5.41) is 15.8. The van der Waals surface area contributed by atoms with Gasteiger partial charge in [0.1, 0.15) is 0 Å². The van der Waals surface area contributed by atoms with Crippen molar-refractivity contribution in [3.05, 3.63) is 5.82 Å². The van der Waals surface area contributed by atoms with Gasteiger partial charge in [0.15, 0.2) is 5.82 Å². The van der Waals surface area contributed by atoms with Crippen molar-refractivity contribution in [2.45, 2.75) is 38.8 Å². The molecule has 1 heterocycles. The fourth-order valence-electron chi connectivity index (χ4n) is 1.11. The number of H-pyrrole nitrogens is 1. The second-order valence-corrected chi connectivity index (χ2v) is 3.47. The first-order chi connectivity index (χ1) is 7.18. The molecule has 0 aliphatic rings. The Labute approximate surface area is 87.8 Å². The molecule has 1 atom stereocenters. The summed E-state index contributed by atoms with van der Waals surface area (Å²) in [6.07, 6.45) is 2.14. The van der Waals surface area contributed by atoms with Crippen molar-refractivity contribution >= 4 is 5.91 Å². The van der Waals surface area contributed by atoms with E-state index in [4.69, 9.17) is 5.73 Å². The Morgan fingerprint density at radius 1 is 1.67 bits per heavy atom. The van der Waals surface area contributed by atoms with Gasteiger partial charge in [-0.25, -0.2) is 0 Å². The number of carbonyl (C=O) groups is 1. The molecule has 1 amide bonds. The van der Waals surface area contributed by atoms with E-state index >= 15 is 0 Å². The van der Waals surface area contributed by atoms with Gasteiger partial charge in [0.05, 0.1) is 6.54 Å². The van der Waals surface area contributed by atoms with E-state index < -0.39 is 0 Å². The first-order valence-corrected chi connectivity index (χ1v) is 4.93. The lowest BCUT2D eigenvalue weighted by Crippen LogP contribution is -2.24. The van der Waals surface area contributed by atoms with Gasteiger partial charge in [0, 0.05) is 12.5 Å². The highest BCUT2D eigenvalue weighted by molar-refractivity contribution is 5.75. The minimum atomic E-state index is -0.0135. The summed E-state index contributed by atoms with van der Waals surface area (Å²) in [5.41, 5.74) is 5.57. The van der Waals surface area contributed by atoms with Crippen LogP contribution in [-0.2, 0) is 11.3 Å². The highest BCUT2D eigenvalue weighted by atomic mass is 16.1. The summed E-state index contributed by atoms with van der Waals surface area (Å²) in [5.74, 6) is 0.469. The van der Waals surface area contributed by atoms with Crippen molar-refractivity contribution < 1.29 is 4.79 Å². The molecule has 7 heteroatoms. The lowest BCUT2D eigenvalue weighted by Gasteiger charge is -2.04. The molecule has 15 heavy (non-hydrogen) atoms. The third-order valence-corrected chi connectivity index (χ3v) is 1.90. The van der Waals surface area contributed by atoms with Gasteiger partial charge in [0.2, 0.25) is 5.91 Å². The summed E-state index contributed by atoms with van der Waals surface area (Å²) >= 11 is 0. The van der Waals surface area contributed by atoms with Crippen LogP contribution in [0.5, 0.6) is 0 Å². The number of nitrogens with two attached hydrogens (primary N) is 1. The van der Waals surface area contributed by atoms with E-state index in [1.165, 1.54) is 0 Å². The largest absolute Gasteiger partial charge is 0.349 e. The molecular weight excluding hydrogens is 196 g/mol. The van der Waals surface area contributed by atoms with Gasteiger partial charge in [-0.05, 0) is 19.8 Å². The zero-order valence-corrected chi connectivity index (χ0v) is 8.73.